The lowest BCUT2D eigenvalue weighted by Crippen LogP contribution is -2.62. The smallest absolute Gasteiger partial charge is 0.150 e. The zero-order chi connectivity index (χ0) is 11.9. The third-order valence-electron chi connectivity index (χ3n) is 3.21. The molecule has 1 aliphatic heterocycles. The average Bonchev–Trinajstić information content (AvgIpc) is 2.73. The van der Waals surface area contributed by atoms with Crippen LogP contribution in [0.1, 0.15) is 19.8 Å². The van der Waals surface area contributed by atoms with Gasteiger partial charge in [-0.3, -0.25) is 0 Å². The van der Waals surface area contributed by atoms with Gasteiger partial charge < -0.3 is 10.0 Å². The number of aliphatic hydroxyl groups is 1. The van der Waals surface area contributed by atoms with Crippen molar-refractivity contribution in [1.82, 2.24) is 9.97 Å². The van der Waals surface area contributed by atoms with Crippen LogP contribution in [0.15, 0.2) is 17.8 Å². The molecule has 1 fully saturated rings. The minimum atomic E-state index is -0.511. The van der Waals surface area contributed by atoms with Gasteiger partial charge in [-0.15, -0.1) is 11.3 Å². The highest BCUT2D eigenvalue weighted by Gasteiger charge is 2.41. The van der Waals surface area contributed by atoms with Gasteiger partial charge in [-0.25, -0.2) is 9.97 Å². The Bertz CT molecular complexity index is 533. The van der Waals surface area contributed by atoms with Crippen LogP contribution in [-0.4, -0.2) is 33.8 Å². The number of rotatable bonds is 3. The van der Waals surface area contributed by atoms with E-state index in [1.807, 2.05) is 11.4 Å². The van der Waals surface area contributed by atoms with Crippen LogP contribution in [-0.2, 0) is 0 Å². The molecular formula is C12H15N3OS. The number of thiophene rings is 1. The van der Waals surface area contributed by atoms with E-state index in [4.69, 9.17) is 0 Å². The zero-order valence-corrected chi connectivity index (χ0v) is 10.6. The van der Waals surface area contributed by atoms with E-state index in [2.05, 4.69) is 21.8 Å². The molecule has 0 saturated carbocycles. The van der Waals surface area contributed by atoms with Gasteiger partial charge in [0.25, 0.3) is 0 Å². The van der Waals surface area contributed by atoms with Crippen LogP contribution < -0.4 is 4.90 Å². The van der Waals surface area contributed by atoms with Crippen LogP contribution in [0.3, 0.4) is 0 Å². The molecule has 0 spiro atoms. The molecule has 0 bridgehead atoms. The summed E-state index contributed by atoms with van der Waals surface area (Å²) in [5.74, 6) is 0.964. The Morgan fingerprint density at radius 2 is 2.29 bits per heavy atom. The van der Waals surface area contributed by atoms with Gasteiger partial charge >= 0.3 is 0 Å². The molecule has 90 valence electrons. The van der Waals surface area contributed by atoms with Crippen molar-refractivity contribution in [2.24, 2.45) is 0 Å². The summed E-state index contributed by atoms with van der Waals surface area (Å²) in [6, 6.07) is 2.00. The van der Waals surface area contributed by atoms with Gasteiger partial charge in [-0.1, -0.05) is 13.3 Å². The molecule has 17 heavy (non-hydrogen) atoms. The van der Waals surface area contributed by atoms with E-state index in [1.165, 1.54) is 0 Å². The topological polar surface area (TPSA) is 49.2 Å². The van der Waals surface area contributed by atoms with Crippen LogP contribution in [0.25, 0.3) is 10.2 Å². The van der Waals surface area contributed by atoms with Crippen molar-refractivity contribution < 1.29 is 5.11 Å². The Morgan fingerprint density at radius 1 is 1.47 bits per heavy atom. The number of nitrogens with zero attached hydrogens (tertiary/aromatic N) is 3. The molecule has 0 atom stereocenters. The van der Waals surface area contributed by atoms with Gasteiger partial charge in [-0.05, 0) is 17.9 Å². The zero-order valence-electron chi connectivity index (χ0n) is 9.76. The van der Waals surface area contributed by atoms with Crippen molar-refractivity contribution in [2.45, 2.75) is 25.4 Å². The third kappa shape index (κ3) is 1.79. The highest BCUT2D eigenvalue weighted by Crippen LogP contribution is 2.35. The van der Waals surface area contributed by atoms with Gasteiger partial charge in [0.2, 0.25) is 0 Å². The summed E-state index contributed by atoms with van der Waals surface area (Å²) in [4.78, 5) is 10.7. The van der Waals surface area contributed by atoms with Crippen molar-refractivity contribution in [3.05, 3.63) is 17.8 Å². The largest absolute Gasteiger partial charge is 0.386 e. The number of fused-ring (bicyclic) bond motifs is 1. The van der Waals surface area contributed by atoms with E-state index in [1.54, 1.807) is 17.7 Å². The van der Waals surface area contributed by atoms with Crippen molar-refractivity contribution in [3.63, 3.8) is 0 Å². The monoisotopic (exact) mass is 249 g/mol. The minimum absolute atomic E-state index is 0.511. The second-order valence-corrected chi connectivity index (χ2v) is 5.58. The molecule has 1 N–H and O–H groups in total. The van der Waals surface area contributed by atoms with E-state index >= 15 is 0 Å². The van der Waals surface area contributed by atoms with E-state index < -0.39 is 5.60 Å². The summed E-state index contributed by atoms with van der Waals surface area (Å²) in [6.07, 6.45) is 3.48. The van der Waals surface area contributed by atoms with Gasteiger partial charge in [0, 0.05) is 0 Å². The van der Waals surface area contributed by atoms with Crippen LogP contribution in [0.2, 0.25) is 0 Å². The second-order valence-electron chi connectivity index (χ2n) is 4.66. The molecule has 3 rings (SSSR count). The average molecular weight is 249 g/mol. The lowest BCUT2D eigenvalue weighted by molar-refractivity contribution is 0.00312. The number of hydrogen-bond acceptors (Lipinski definition) is 5. The SMILES string of the molecule is CCCC1(O)CN(c2ncnc3ccsc23)C1. The van der Waals surface area contributed by atoms with Gasteiger partial charge in [0.05, 0.1) is 28.9 Å². The molecule has 0 aromatic carbocycles. The third-order valence-corrected chi connectivity index (χ3v) is 4.11. The van der Waals surface area contributed by atoms with Crippen molar-refractivity contribution in [2.75, 3.05) is 18.0 Å². The summed E-state index contributed by atoms with van der Waals surface area (Å²) >= 11 is 1.66. The summed E-state index contributed by atoms with van der Waals surface area (Å²) < 4.78 is 1.12. The Hall–Kier alpha value is -1.20. The number of anilines is 1. The van der Waals surface area contributed by atoms with Crippen LogP contribution >= 0.6 is 11.3 Å². The molecule has 0 unspecified atom stereocenters. The molecule has 2 aromatic rings. The first-order chi connectivity index (χ1) is 8.22. The summed E-state index contributed by atoms with van der Waals surface area (Å²) in [7, 11) is 0. The van der Waals surface area contributed by atoms with Crippen LogP contribution in [0.5, 0.6) is 0 Å². The highest BCUT2D eigenvalue weighted by molar-refractivity contribution is 7.17. The molecular weight excluding hydrogens is 234 g/mol. The quantitative estimate of drug-likeness (QED) is 0.904. The first-order valence-corrected chi connectivity index (χ1v) is 6.75. The Balaban J connectivity index is 1.85. The molecule has 2 aromatic heterocycles. The maximum Gasteiger partial charge on any atom is 0.150 e. The van der Waals surface area contributed by atoms with Crippen LogP contribution in [0.4, 0.5) is 5.82 Å². The maximum absolute atomic E-state index is 10.2. The van der Waals surface area contributed by atoms with E-state index in [9.17, 15) is 5.11 Å². The standard InChI is InChI=1S/C12H15N3OS/c1-2-4-12(16)6-15(7-12)11-10-9(3-5-17-10)13-8-14-11/h3,5,8,16H,2,4,6-7H2,1H3. The lowest BCUT2D eigenvalue weighted by Gasteiger charge is -2.47. The fourth-order valence-electron chi connectivity index (χ4n) is 2.44. The van der Waals surface area contributed by atoms with E-state index in [-0.39, 0.29) is 0 Å². The van der Waals surface area contributed by atoms with Gasteiger partial charge in [-0.2, -0.15) is 0 Å². The van der Waals surface area contributed by atoms with E-state index in [0.717, 1.165) is 28.9 Å². The predicted molar refractivity (Wildman–Crippen MR) is 69.5 cm³/mol. The first-order valence-electron chi connectivity index (χ1n) is 5.87. The van der Waals surface area contributed by atoms with Gasteiger partial charge in [0.15, 0.2) is 0 Å². The molecule has 0 aliphatic carbocycles. The normalized spacial score (nSPS) is 18.4. The number of β-amino-alcohol motifs (C(OH)–C–C–N with tert-alkyl or cyclic N) is 1. The maximum atomic E-state index is 10.2. The molecule has 5 heteroatoms. The Morgan fingerprint density at radius 3 is 3.06 bits per heavy atom. The molecule has 1 saturated heterocycles. The molecule has 4 nitrogen and oxygen atoms in total. The van der Waals surface area contributed by atoms with Crippen molar-refractivity contribution in [3.8, 4) is 0 Å². The minimum Gasteiger partial charge on any atom is -0.386 e. The fourth-order valence-corrected chi connectivity index (χ4v) is 3.30. The number of aromatic nitrogens is 2. The molecule has 3 heterocycles. The molecule has 0 amide bonds. The Labute approximate surface area is 104 Å². The lowest BCUT2D eigenvalue weighted by atomic mass is 9.89. The summed E-state index contributed by atoms with van der Waals surface area (Å²) in [6.45, 7) is 3.47. The van der Waals surface area contributed by atoms with Crippen molar-refractivity contribution in [1.29, 1.82) is 0 Å². The fraction of sp³-hybridized carbons (Fsp3) is 0.500. The van der Waals surface area contributed by atoms with Gasteiger partial charge in [0.1, 0.15) is 12.1 Å². The Kier molecular flexibility index (Phi) is 2.52. The highest BCUT2D eigenvalue weighted by atomic mass is 32.1. The van der Waals surface area contributed by atoms with E-state index in [0.29, 0.717) is 13.1 Å². The molecule has 0 radical (unpaired) electrons. The molecule has 1 aliphatic rings. The summed E-state index contributed by atoms with van der Waals surface area (Å²) in [5, 5.41) is 12.2. The number of hydrogen-bond donors (Lipinski definition) is 1. The predicted octanol–water partition coefficient (Wildman–Crippen LogP) is 2.04. The first kappa shape index (κ1) is 10.9. The van der Waals surface area contributed by atoms with Crippen LogP contribution in [0, 0.1) is 0 Å². The summed E-state index contributed by atoms with van der Waals surface area (Å²) in [5.41, 5.74) is 0.481. The second kappa shape index (κ2) is 3.92. The van der Waals surface area contributed by atoms with Crippen molar-refractivity contribution >= 4 is 27.4 Å².